The van der Waals surface area contributed by atoms with Crippen LogP contribution in [-0.2, 0) is 15.9 Å². The first-order valence-electron chi connectivity index (χ1n) is 8.41. The van der Waals surface area contributed by atoms with Crippen molar-refractivity contribution in [1.82, 2.24) is 4.98 Å². The average molecular weight is 345 g/mol. The highest BCUT2D eigenvalue weighted by Gasteiger charge is 2.29. The maximum Gasteiger partial charge on any atom is 0.350 e. The van der Waals surface area contributed by atoms with Gasteiger partial charge < -0.3 is 9.47 Å². The Labute approximate surface area is 146 Å². The lowest BCUT2D eigenvalue weighted by atomic mass is 9.94. The molecule has 5 heteroatoms. The first kappa shape index (κ1) is 17.1. The van der Waals surface area contributed by atoms with Crippen LogP contribution in [0.1, 0.15) is 51.6 Å². The van der Waals surface area contributed by atoms with E-state index in [-0.39, 0.29) is 18.2 Å². The molecule has 0 aliphatic heterocycles. The molecule has 2 aromatic rings. The molecule has 1 aromatic heterocycles. The number of carbonyl (C=O) groups is 1. The highest BCUT2D eigenvalue weighted by molar-refractivity contribution is 7.13. The fraction of sp³-hybridized carbons (Fsp3) is 0.474. The Balaban J connectivity index is 1.68. The Morgan fingerprint density at radius 3 is 2.62 bits per heavy atom. The summed E-state index contributed by atoms with van der Waals surface area (Å²) >= 11 is 1.43. The summed E-state index contributed by atoms with van der Waals surface area (Å²) in [7, 11) is 1.69. The predicted molar refractivity (Wildman–Crippen MR) is 94.6 cm³/mol. The highest BCUT2D eigenvalue weighted by atomic mass is 32.1. The van der Waals surface area contributed by atoms with Crippen LogP contribution in [0, 0.1) is 6.92 Å². The monoisotopic (exact) mass is 345 g/mol. The zero-order valence-corrected chi connectivity index (χ0v) is 15.0. The number of hydrogen-bond acceptors (Lipinski definition) is 5. The van der Waals surface area contributed by atoms with E-state index in [2.05, 4.69) is 17.1 Å². The fourth-order valence-electron chi connectivity index (χ4n) is 3.15. The van der Waals surface area contributed by atoms with Gasteiger partial charge in [-0.1, -0.05) is 36.8 Å². The van der Waals surface area contributed by atoms with Crippen molar-refractivity contribution in [3.63, 3.8) is 0 Å². The number of hydrogen-bond donors (Lipinski definition) is 0. The maximum atomic E-state index is 12.6. The summed E-state index contributed by atoms with van der Waals surface area (Å²) in [5.74, 6) is -0.265. The number of ether oxygens (including phenoxy) is 2. The second-order valence-electron chi connectivity index (χ2n) is 6.19. The van der Waals surface area contributed by atoms with E-state index in [0.717, 1.165) is 42.8 Å². The van der Waals surface area contributed by atoms with E-state index in [0.29, 0.717) is 4.88 Å². The Bertz CT molecular complexity index is 683. The average Bonchev–Trinajstić information content (AvgIpc) is 2.96. The summed E-state index contributed by atoms with van der Waals surface area (Å²) in [6.07, 6.45) is 4.65. The van der Waals surface area contributed by atoms with Crippen molar-refractivity contribution in [2.75, 3.05) is 7.11 Å². The van der Waals surface area contributed by atoms with Gasteiger partial charge in [0.2, 0.25) is 0 Å². The van der Waals surface area contributed by atoms with Gasteiger partial charge >= 0.3 is 5.97 Å². The van der Waals surface area contributed by atoms with Crippen molar-refractivity contribution < 1.29 is 14.3 Å². The van der Waals surface area contributed by atoms with Crippen LogP contribution < -0.4 is 0 Å². The fourth-order valence-corrected chi connectivity index (χ4v) is 4.13. The molecule has 1 saturated carbocycles. The molecule has 0 amide bonds. The summed E-state index contributed by atoms with van der Waals surface area (Å²) in [6.45, 7) is 1.87. The van der Waals surface area contributed by atoms with Crippen LogP contribution in [0.4, 0.5) is 0 Å². The van der Waals surface area contributed by atoms with Crippen molar-refractivity contribution >= 4 is 17.3 Å². The molecule has 24 heavy (non-hydrogen) atoms. The SMILES string of the molecule is CO[C@@H]1CCCC[C@H]1OC(=O)c1sc(Cc2ccccc2)nc1C. The van der Waals surface area contributed by atoms with E-state index in [1.54, 1.807) is 7.11 Å². The van der Waals surface area contributed by atoms with Gasteiger partial charge in [-0.15, -0.1) is 11.3 Å². The van der Waals surface area contributed by atoms with Crippen LogP contribution in [-0.4, -0.2) is 30.3 Å². The second kappa shape index (κ2) is 7.90. The number of rotatable bonds is 5. The molecular formula is C19H23NO3S. The Hall–Kier alpha value is -1.72. The minimum atomic E-state index is -0.265. The highest BCUT2D eigenvalue weighted by Crippen LogP contribution is 2.27. The van der Waals surface area contributed by atoms with E-state index in [9.17, 15) is 4.79 Å². The van der Waals surface area contributed by atoms with Gasteiger partial charge in [-0.3, -0.25) is 0 Å². The van der Waals surface area contributed by atoms with Crippen LogP contribution in [0.25, 0.3) is 0 Å². The zero-order valence-electron chi connectivity index (χ0n) is 14.2. The van der Waals surface area contributed by atoms with E-state index in [1.807, 2.05) is 25.1 Å². The minimum Gasteiger partial charge on any atom is -0.455 e. The van der Waals surface area contributed by atoms with Crippen molar-refractivity contribution in [2.24, 2.45) is 0 Å². The Morgan fingerprint density at radius 2 is 1.92 bits per heavy atom. The van der Waals surface area contributed by atoms with Crippen LogP contribution in [0.5, 0.6) is 0 Å². The largest absolute Gasteiger partial charge is 0.455 e. The molecule has 128 valence electrons. The molecule has 1 aliphatic rings. The predicted octanol–water partition coefficient (Wildman–Crippen LogP) is 4.16. The number of thiazole rings is 1. The number of carbonyl (C=O) groups excluding carboxylic acids is 1. The molecule has 1 fully saturated rings. The molecule has 1 aromatic carbocycles. The van der Waals surface area contributed by atoms with Gasteiger partial charge in [-0.2, -0.15) is 0 Å². The molecule has 2 atom stereocenters. The lowest BCUT2D eigenvalue weighted by Crippen LogP contribution is -2.35. The van der Waals surface area contributed by atoms with Crippen molar-refractivity contribution in [3.05, 3.63) is 51.5 Å². The smallest absolute Gasteiger partial charge is 0.350 e. The third kappa shape index (κ3) is 4.02. The molecule has 0 N–H and O–H groups in total. The minimum absolute atomic E-state index is 0.0136. The first-order valence-corrected chi connectivity index (χ1v) is 9.23. The maximum absolute atomic E-state index is 12.6. The summed E-state index contributed by atoms with van der Waals surface area (Å²) in [6, 6.07) is 10.2. The van der Waals surface area contributed by atoms with E-state index in [4.69, 9.17) is 9.47 Å². The van der Waals surface area contributed by atoms with Gasteiger partial charge in [0.1, 0.15) is 11.0 Å². The molecule has 0 saturated heterocycles. The van der Waals surface area contributed by atoms with E-state index in [1.165, 1.54) is 16.9 Å². The zero-order chi connectivity index (χ0) is 16.9. The number of aromatic nitrogens is 1. The number of esters is 1. The van der Waals surface area contributed by atoms with Crippen molar-refractivity contribution in [2.45, 2.75) is 51.2 Å². The molecule has 1 aliphatic carbocycles. The van der Waals surface area contributed by atoms with Crippen LogP contribution >= 0.6 is 11.3 Å². The number of methoxy groups -OCH3 is 1. The van der Waals surface area contributed by atoms with Gasteiger partial charge in [-0.25, -0.2) is 9.78 Å². The summed E-state index contributed by atoms with van der Waals surface area (Å²) in [4.78, 5) is 17.7. The standard InChI is InChI=1S/C19H23NO3S/c1-13-18(19(21)23-16-11-7-6-10-15(16)22-2)24-17(20-13)12-14-8-4-3-5-9-14/h3-5,8-9,15-16H,6-7,10-12H2,1-2H3/t15-,16-/m1/s1. The molecule has 0 unspecified atom stereocenters. The normalized spacial score (nSPS) is 20.8. The summed E-state index contributed by atoms with van der Waals surface area (Å²) in [5, 5.41) is 0.942. The quantitative estimate of drug-likeness (QED) is 0.764. The van der Waals surface area contributed by atoms with Gasteiger partial charge in [0.25, 0.3) is 0 Å². The number of nitrogens with zero attached hydrogens (tertiary/aromatic N) is 1. The van der Waals surface area contributed by atoms with Crippen molar-refractivity contribution in [3.8, 4) is 0 Å². The summed E-state index contributed by atoms with van der Waals surface area (Å²) < 4.78 is 11.2. The molecular weight excluding hydrogens is 322 g/mol. The second-order valence-corrected chi connectivity index (χ2v) is 7.27. The number of aryl methyl sites for hydroxylation is 1. The van der Waals surface area contributed by atoms with E-state index < -0.39 is 0 Å². The number of benzene rings is 1. The third-order valence-electron chi connectivity index (χ3n) is 4.43. The van der Waals surface area contributed by atoms with Gasteiger partial charge in [0.15, 0.2) is 0 Å². The van der Waals surface area contributed by atoms with Gasteiger partial charge in [0, 0.05) is 13.5 Å². The topological polar surface area (TPSA) is 48.4 Å². The molecule has 3 rings (SSSR count). The molecule has 0 bridgehead atoms. The Morgan fingerprint density at radius 1 is 1.21 bits per heavy atom. The molecule has 0 spiro atoms. The van der Waals surface area contributed by atoms with E-state index >= 15 is 0 Å². The van der Waals surface area contributed by atoms with Gasteiger partial charge in [0.05, 0.1) is 16.8 Å². The first-order chi connectivity index (χ1) is 11.7. The van der Waals surface area contributed by atoms with Gasteiger partial charge in [-0.05, 0) is 31.7 Å². The summed E-state index contributed by atoms with van der Waals surface area (Å²) in [5.41, 5.74) is 1.94. The molecule has 1 heterocycles. The molecule has 0 radical (unpaired) electrons. The van der Waals surface area contributed by atoms with Crippen LogP contribution in [0.2, 0.25) is 0 Å². The lowest BCUT2D eigenvalue weighted by Gasteiger charge is -2.29. The Kier molecular flexibility index (Phi) is 5.63. The molecule has 4 nitrogen and oxygen atoms in total. The van der Waals surface area contributed by atoms with Crippen molar-refractivity contribution in [1.29, 1.82) is 0 Å². The van der Waals surface area contributed by atoms with Crippen LogP contribution in [0.15, 0.2) is 30.3 Å². The third-order valence-corrected chi connectivity index (χ3v) is 5.57. The lowest BCUT2D eigenvalue weighted by molar-refractivity contribution is -0.0537. The van der Waals surface area contributed by atoms with Crippen LogP contribution in [0.3, 0.4) is 0 Å².